The van der Waals surface area contributed by atoms with Gasteiger partial charge in [0, 0.05) is 30.1 Å². The molecule has 1 aromatic carbocycles. The van der Waals surface area contributed by atoms with E-state index < -0.39 is 11.6 Å². The lowest BCUT2D eigenvalue weighted by atomic mass is 10.3. The zero-order valence-electron chi connectivity index (χ0n) is 11.2. The lowest BCUT2D eigenvalue weighted by Crippen LogP contribution is -2.13. The van der Waals surface area contributed by atoms with Crippen molar-refractivity contribution in [2.24, 2.45) is 0 Å². The fraction of sp³-hybridized carbons (Fsp3) is 0.357. The van der Waals surface area contributed by atoms with Crippen molar-refractivity contribution in [3.8, 4) is 5.75 Å². The predicted molar refractivity (Wildman–Crippen MR) is 74.8 cm³/mol. The number of hydrogen-bond acceptors (Lipinski definition) is 4. The average molecular weight is 298 g/mol. The molecule has 2 aromatic rings. The van der Waals surface area contributed by atoms with Gasteiger partial charge in [0.25, 0.3) is 0 Å². The summed E-state index contributed by atoms with van der Waals surface area (Å²) in [5, 5.41) is 6.12. The Morgan fingerprint density at radius 1 is 1.25 bits per heavy atom. The van der Waals surface area contributed by atoms with Crippen LogP contribution in [0.4, 0.5) is 8.78 Å². The van der Waals surface area contributed by atoms with E-state index in [9.17, 15) is 8.78 Å². The van der Waals surface area contributed by atoms with Crippen LogP contribution in [-0.4, -0.2) is 11.5 Å². The molecule has 0 amide bonds. The van der Waals surface area contributed by atoms with E-state index in [1.165, 1.54) is 11.3 Å². The largest absolute Gasteiger partial charge is 0.487 e. The third kappa shape index (κ3) is 4.54. The van der Waals surface area contributed by atoms with Crippen molar-refractivity contribution in [3.05, 3.63) is 45.9 Å². The average Bonchev–Trinajstić information content (AvgIpc) is 2.84. The first kappa shape index (κ1) is 14.9. The van der Waals surface area contributed by atoms with Crippen LogP contribution in [0.5, 0.6) is 5.75 Å². The molecule has 0 fully saturated rings. The van der Waals surface area contributed by atoms with Gasteiger partial charge in [-0.25, -0.2) is 13.8 Å². The van der Waals surface area contributed by atoms with Crippen LogP contribution >= 0.6 is 11.3 Å². The third-order valence-electron chi connectivity index (χ3n) is 2.53. The van der Waals surface area contributed by atoms with Crippen LogP contribution in [0.15, 0.2) is 23.6 Å². The lowest BCUT2D eigenvalue weighted by Gasteiger charge is -2.04. The summed E-state index contributed by atoms with van der Waals surface area (Å²) in [5.74, 6) is -1.13. The lowest BCUT2D eigenvalue weighted by molar-refractivity contribution is 0.298. The fourth-order valence-corrected chi connectivity index (χ4v) is 2.39. The van der Waals surface area contributed by atoms with E-state index in [2.05, 4.69) is 17.2 Å². The molecule has 0 unspecified atom stereocenters. The molecule has 0 saturated heterocycles. The number of halogens is 2. The molecule has 0 aliphatic rings. The topological polar surface area (TPSA) is 34.2 Å². The van der Waals surface area contributed by atoms with Crippen LogP contribution < -0.4 is 10.1 Å². The van der Waals surface area contributed by atoms with E-state index >= 15 is 0 Å². The van der Waals surface area contributed by atoms with Crippen molar-refractivity contribution in [1.82, 2.24) is 10.3 Å². The minimum absolute atomic E-state index is 0.168. The normalized spacial score (nSPS) is 10.8. The van der Waals surface area contributed by atoms with Crippen LogP contribution in [-0.2, 0) is 13.2 Å². The van der Waals surface area contributed by atoms with Crippen LogP contribution in [0, 0.1) is 11.6 Å². The van der Waals surface area contributed by atoms with E-state index in [0.29, 0.717) is 0 Å². The predicted octanol–water partition coefficient (Wildman–Crippen LogP) is 3.50. The first-order valence-electron chi connectivity index (χ1n) is 6.40. The highest BCUT2D eigenvalue weighted by Gasteiger charge is 2.05. The van der Waals surface area contributed by atoms with Crippen LogP contribution in [0.3, 0.4) is 0 Å². The number of thiazole rings is 1. The number of hydrogen-bond donors (Lipinski definition) is 1. The van der Waals surface area contributed by atoms with Gasteiger partial charge in [0.05, 0.1) is 5.69 Å². The van der Waals surface area contributed by atoms with Crippen molar-refractivity contribution in [2.75, 3.05) is 6.54 Å². The maximum absolute atomic E-state index is 13.0. The SMILES string of the molecule is CCCNCc1nc(COc2cc(F)cc(F)c2)cs1. The maximum atomic E-state index is 13.0. The molecule has 1 heterocycles. The Balaban J connectivity index is 1.87. The van der Waals surface area contributed by atoms with E-state index in [-0.39, 0.29) is 12.4 Å². The molecule has 0 bridgehead atoms. The quantitative estimate of drug-likeness (QED) is 0.794. The molecule has 6 heteroatoms. The number of nitrogens with one attached hydrogen (secondary N) is 1. The highest BCUT2D eigenvalue weighted by Crippen LogP contribution is 2.17. The van der Waals surface area contributed by atoms with Crippen LogP contribution in [0.2, 0.25) is 0 Å². The van der Waals surface area contributed by atoms with E-state index in [4.69, 9.17) is 4.74 Å². The second-order valence-corrected chi connectivity index (χ2v) is 5.25. The standard InChI is InChI=1S/C14H16F2N2OS/c1-2-3-17-7-14-18-12(9-20-14)8-19-13-5-10(15)4-11(16)6-13/h4-6,9,17H,2-3,7-8H2,1H3. The van der Waals surface area contributed by atoms with Crippen LogP contribution in [0.25, 0.3) is 0 Å². The maximum Gasteiger partial charge on any atom is 0.131 e. The van der Waals surface area contributed by atoms with Crippen molar-refractivity contribution in [3.63, 3.8) is 0 Å². The molecule has 2 rings (SSSR count). The van der Waals surface area contributed by atoms with Gasteiger partial charge in [-0.3, -0.25) is 0 Å². The number of nitrogens with zero attached hydrogens (tertiary/aromatic N) is 1. The summed E-state index contributed by atoms with van der Waals surface area (Å²) in [5.41, 5.74) is 0.757. The summed E-state index contributed by atoms with van der Waals surface area (Å²) < 4.78 is 31.3. The molecule has 0 aliphatic heterocycles. The Labute approximate surface area is 120 Å². The van der Waals surface area contributed by atoms with Crippen molar-refractivity contribution in [1.29, 1.82) is 0 Å². The Hall–Kier alpha value is -1.53. The summed E-state index contributed by atoms with van der Waals surface area (Å²) in [6, 6.07) is 3.12. The minimum Gasteiger partial charge on any atom is -0.487 e. The first-order chi connectivity index (χ1) is 9.67. The highest BCUT2D eigenvalue weighted by molar-refractivity contribution is 7.09. The van der Waals surface area contributed by atoms with Crippen molar-refractivity contribution >= 4 is 11.3 Å². The van der Waals surface area contributed by atoms with Gasteiger partial charge in [0.2, 0.25) is 0 Å². The summed E-state index contributed by atoms with van der Waals surface area (Å²) in [4.78, 5) is 4.39. The molecular weight excluding hydrogens is 282 g/mol. The van der Waals surface area contributed by atoms with Gasteiger partial charge < -0.3 is 10.1 Å². The zero-order valence-corrected chi connectivity index (χ0v) is 12.0. The van der Waals surface area contributed by atoms with Gasteiger partial charge in [-0.15, -0.1) is 11.3 Å². The second kappa shape index (κ2) is 7.31. The number of rotatable bonds is 7. The number of benzene rings is 1. The molecular formula is C14H16F2N2OS. The molecule has 0 spiro atoms. The number of aromatic nitrogens is 1. The summed E-state index contributed by atoms with van der Waals surface area (Å²) in [6.45, 7) is 3.99. The first-order valence-corrected chi connectivity index (χ1v) is 7.28. The Morgan fingerprint density at radius 2 is 2.00 bits per heavy atom. The van der Waals surface area contributed by atoms with E-state index in [0.717, 1.165) is 48.4 Å². The van der Waals surface area contributed by atoms with Gasteiger partial charge in [-0.1, -0.05) is 6.92 Å². The Morgan fingerprint density at radius 3 is 2.70 bits per heavy atom. The molecule has 20 heavy (non-hydrogen) atoms. The van der Waals surface area contributed by atoms with Gasteiger partial charge in [0.1, 0.15) is 29.0 Å². The second-order valence-electron chi connectivity index (χ2n) is 4.30. The van der Waals surface area contributed by atoms with Crippen LogP contribution in [0.1, 0.15) is 24.0 Å². The summed E-state index contributed by atoms with van der Waals surface area (Å²) in [6.07, 6.45) is 1.08. The summed E-state index contributed by atoms with van der Waals surface area (Å²) >= 11 is 1.54. The molecule has 108 valence electrons. The molecule has 0 atom stereocenters. The third-order valence-corrected chi connectivity index (χ3v) is 3.42. The monoisotopic (exact) mass is 298 g/mol. The molecule has 1 aromatic heterocycles. The molecule has 3 nitrogen and oxygen atoms in total. The fourth-order valence-electron chi connectivity index (χ4n) is 1.64. The van der Waals surface area contributed by atoms with Crippen molar-refractivity contribution < 1.29 is 13.5 Å². The smallest absolute Gasteiger partial charge is 0.131 e. The molecule has 0 radical (unpaired) electrons. The van der Waals surface area contributed by atoms with Gasteiger partial charge >= 0.3 is 0 Å². The Bertz CT molecular complexity index is 540. The summed E-state index contributed by atoms with van der Waals surface area (Å²) in [7, 11) is 0. The number of ether oxygens (including phenoxy) is 1. The van der Waals surface area contributed by atoms with Crippen molar-refractivity contribution in [2.45, 2.75) is 26.5 Å². The highest BCUT2D eigenvalue weighted by atomic mass is 32.1. The van der Waals surface area contributed by atoms with Gasteiger partial charge in [-0.05, 0) is 13.0 Å². The zero-order chi connectivity index (χ0) is 14.4. The molecule has 0 saturated carbocycles. The van der Waals surface area contributed by atoms with E-state index in [1.54, 1.807) is 0 Å². The van der Waals surface area contributed by atoms with E-state index in [1.807, 2.05) is 5.38 Å². The Kier molecular flexibility index (Phi) is 5.43. The molecule has 1 N–H and O–H groups in total. The van der Waals surface area contributed by atoms with Gasteiger partial charge in [-0.2, -0.15) is 0 Å². The minimum atomic E-state index is -0.650. The molecule has 0 aliphatic carbocycles. The van der Waals surface area contributed by atoms with Gasteiger partial charge in [0.15, 0.2) is 0 Å².